The Morgan fingerprint density at radius 2 is 1.79 bits per heavy atom. The van der Waals surface area contributed by atoms with E-state index in [4.69, 9.17) is 0 Å². The predicted octanol–water partition coefficient (Wildman–Crippen LogP) is 2.57. The molecule has 1 atom stereocenters. The van der Waals surface area contributed by atoms with Gasteiger partial charge in [-0.3, -0.25) is 9.08 Å². The Morgan fingerprint density at radius 1 is 1.21 bits per heavy atom. The zero-order chi connectivity index (χ0) is 21.4. The number of hydrogen-bond donors (Lipinski definition) is 0. The van der Waals surface area contributed by atoms with E-state index in [0.29, 0.717) is 0 Å². The molecule has 0 bridgehead atoms. The molecule has 0 aliphatic heterocycles. The Balaban J connectivity index is 3.23. The minimum absolute atomic E-state index is 0.161. The molecule has 1 aromatic carbocycles. The molecule has 0 radical (unpaired) electrons. The summed E-state index contributed by atoms with van der Waals surface area (Å²) >= 11 is 0. The van der Waals surface area contributed by atoms with Crippen molar-refractivity contribution < 1.29 is 35.4 Å². The molecule has 0 saturated heterocycles. The largest absolute Gasteiger partial charge is 0.412 e. The van der Waals surface area contributed by atoms with Crippen molar-refractivity contribution in [3.05, 3.63) is 35.9 Å². The summed E-state index contributed by atoms with van der Waals surface area (Å²) in [5.74, 6) is -0.717. The van der Waals surface area contributed by atoms with E-state index in [1.54, 1.807) is 32.0 Å². The summed E-state index contributed by atoms with van der Waals surface area (Å²) in [6.07, 6.45) is -3.92. The number of oxime groups is 1. The number of amides is 1. The Kier molecular flexibility index (Phi) is 8.89. The van der Waals surface area contributed by atoms with Crippen molar-refractivity contribution in [2.45, 2.75) is 31.7 Å². The average Bonchev–Trinajstić information content (AvgIpc) is 2.67. The Morgan fingerprint density at radius 3 is 2.29 bits per heavy atom. The molecule has 11 heteroatoms. The summed E-state index contributed by atoms with van der Waals surface area (Å²) < 4.78 is 73.8. The van der Waals surface area contributed by atoms with E-state index in [9.17, 15) is 26.4 Å². The molecule has 0 saturated carbocycles. The Labute approximate surface area is 162 Å². The second-order valence-corrected chi connectivity index (χ2v) is 7.22. The molecular weight excluding hydrogens is 401 g/mol. The zero-order valence-corrected chi connectivity index (χ0v) is 16.6. The van der Waals surface area contributed by atoms with Crippen LogP contribution in [0.5, 0.6) is 0 Å². The van der Waals surface area contributed by atoms with Gasteiger partial charge in [-0.2, -0.15) is 17.2 Å². The van der Waals surface area contributed by atoms with Gasteiger partial charge < -0.3 is 9.64 Å². The number of carbonyl (C=O) groups is 1. The van der Waals surface area contributed by atoms with E-state index < -0.39 is 46.2 Å². The fourth-order valence-electron chi connectivity index (χ4n) is 2.15. The Hall–Kier alpha value is -2.14. The lowest BCUT2D eigenvalue weighted by Crippen LogP contribution is -2.41. The van der Waals surface area contributed by atoms with Gasteiger partial charge in [-0.25, -0.2) is 4.39 Å². The van der Waals surface area contributed by atoms with Crippen molar-refractivity contribution in [2.75, 3.05) is 26.8 Å². The third-order valence-electron chi connectivity index (χ3n) is 3.80. The fraction of sp³-hybridized carbons (Fsp3) is 0.529. The molecule has 1 aromatic rings. The highest BCUT2D eigenvalue weighted by Gasteiger charge is 2.55. The van der Waals surface area contributed by atoms with Gasteiger partial charge in [0.1, 0.15) is 0 Å². The molecule has 1 rings (SSSR count). The maximum atomic E-state index is 14.0. The number of rotatable bonds is 11. The Bertz CT molecular complexity index is 768. The highest BCUT2D eigenvalue weighted by atomic mass is 32.2. The normalized spacial score (nSPS) is 13.9. The van der Waals surface area contributed by atoms with Gasteiger partial charge in [0.05, 0.1) is 0 Å². The number of alkyl halides is 3. The lowest BCUT2D eigenvalue weighted by Gasteiger charge is -2.21. The van der Waals surface area contributed by atoms with Gasteiger partial charge in [0.25, 0.3) is 5.91 Å². The number of halogens is 3. The summed E-state index contributed by atoms with van der Waals surface area (Å²) in [5, 5.41) is -1.70. The fourth-order valence-corrected chi connectivity index (χ4v) is 2.86. The summed E-state index contributed by atoms with van der Waals surface area (Å²) in [5.41, 5.74) is -0.329. The topological polar surface area (TPSA) is 85.3 Å². The second-order valence-electron chi connectivity index (χ2n) is 5.62. The van der Waals surface area contributed by atoms with Crippen molar-refractivity contribution in [1.29, 1.82) is 0 Å². The molecule has 0 fully saturated rings. The van der Waals surface area contributed by atoms with E-state index >= 15 is 0 Å². The van der Waals surface area contributed by atoms with Crippen molar-refractivity contribution in [2.24, 2.45) is 5.16 Å². The van der Waals surface area contributed by atoms with Gasteiger partial charge in [0.15, 0.2) is 11.9 Å². The predicted molar refractivity (Wildman–Crippen MR) is 97.2 cm³/mol. The maximum absolute atomic E-state index is 14.0. The molecule has 28 heavy (non-hydrogen) atoms. The first-order valence-corrected chi connectivity index (χ1v) is 9.89. The number of nitrogens with zero attached hydrogens (tertiary/aromatic N) is 2. The van der Waals surface area contributed by atoms with Gasteiger partial charge in [0, 0.05) is 38.8 Å². The van der Waals surface area contributed by atoms with Crippen LogP contribution in [-0.4, -0.2) is 63.2 Å². The summed E-state index contributed by atoms with van der Waals surface area (Å²) in [4.78, 5) is 13.9. The lowest BCUT2D eigenvalue weighted by atomic mass is 10.1. The van der Waals surface area contributed by atoms with Crippen molar-refractivity contribution in [1.82, 2.24) is 4.90 Å². The minimum Gasteiger partial charge on any atom is -0.385 e. The van der Waals surface area contributed by atoms with E-state index in [2.05, 4.69) is 14.2 Å². The highest BCUT2D eigenvalue weighted by Crippen LogP contribution is 2.32. The standard InChI is InChI=1S/C17H23F3N2O5S/c1-4-22(5-2)16(23)15(13-9-7-6-8-10-13)21-27-28(24,25)17(19,20)14(18)11-12-26-3/h6-10,14H,4-5,11-12H2,1-3H3/b21-15-. The monoisotopic (exact) mass is 424 g/mol. The number of methoxy groups -OCH3 is 1. The third kappa shape index (κ3) is 5.68. The third-order valence-corrected chi connectivity index (χ3v) is 4.99. The summed E-state index contributed by atoms with van der Waals surface area (Å²) in [6.45, 7) is 3.49. The van der Waals surface area contributed by atoms with Gasteiger partial charge in [-0.15, -0.1) is 0 Å². The zero-order valence-electron chi connectivity index (χ0n) is 15.8. The molecule has 1 amide bonds. The van der Waals surface area contributed by atoms with Crippen LogP contribution in [0, 0.1) is 0 Å². The van der Waals surface area contributed by atoms with Crippen molar-refractivity contribution >= 4 is 21.7 Å². The van der Waals surface area contributed by atoms with Crippen LogP contribution in [0.3, 0.4) is 0 Å². The molecule has 0 aliphatic carbocycles. The van der Waals surface area contributed by atoms with Crippen LogP contribution < -0.4 is 0 Å². The highest BCUT2D eigenvalue weighted by molar-refractivity contribution is 7.87. The molecule has 0 aliphatic rings. The van der Waals surface area contributed by atoms with Crippen LogP contribution in [0.4, 0.5) is 13.2 Å². The van der Waals surface area contributed by atoms with Crippen LogP contribution in [-0.2, 0) is 23.9 Å². The van der Waals surface area contributed by atoms with Crippen LogP contribution in [0.1, 0.15) is 25.8 Å². The average molecular weight is 424 g/mol. The van der Waals surface area contributed by atoms with E-state index in [0.717, 1.165) is 7.11 Å². The number of ether oxygens (including phenoxy) is 1. The van der Waals surface area contributed by atoms with Crippen molar-refractivity contribution in [3.63, 3.8) is 0 Å². The minimum atomic E-state index is -5.79. The van der Waals surface area contributed by atoms with Gasteiger partial charge in [-0.1, -0.05) is 35.5 Å². The molecular formula is C17H23F3N2O5S. The summed E-state index contributed by atoms with van der Waals surface area (Å²) in [6, 6.07) is 7.60. The lowest BCUT2D eigenvalue weighted by molar-refractivity contribution is -0.123. The molecule has 0 N–H and O–H groups in total. The van der Waals surface area contributed by atoms with E-state index in [1.165, 1.54) is 17.0 Å². The molecule has 0 heterocycles. The molecule has 158 valence electrons. The molecule has 0 spiro atoms. The van der Waals surface area contributed by atoms with Gasteiger partial charge in [0.2, 0.25) is 0 Å². The number of likely N-dealkylation sites (N-methyl/N-ethyl adjacent to an activating group) is 1. The van der Waals surface area contributed by atoms with Crippen molar-refractivity contribution in [3.8, 4) is 0 Å². The summed E-state index contributed by atoms with van der Waals surface area (Å²) in [7, 11) is -4.63. The first kappa shape index (κ1) is 23.9. The molecule has 1 unspecified atom stereocenters. The first-order valence-electron chi connectivity index (χ1n) is 8.49. The van der Waals surface area contributed by atoms with Gasteiger partial charge >= 0.3 is 15.4 Å². The van der Waals surface area contributed by atoms with Crippen LogP contribution >= 0.6 is 0 Å². The molecule has 7 nitrogen and oxygen atoms in total. The quantitative estimate of drug-likeness (QED) is 0.403. The first-order chi connectivity index (χ1) is 13.1. The number of hydrogen-bond acceptors (Lipinski definition) is 6. The number of benzene rings is 1. The van der Waals surface area contributed by atoms with Crippen LogP contribution in [0.25, 0.3) is 0 Å². The van der Waals surface area contributed by atoms with E-state index in [-0.39, 0.29) is 18.7 Å². The number of carbonyl (C=O) groups excluding carboxylic acids is 1. The second kappa shape index (κ2) is 10.4. The van der Waals surface area contributed by atoms with Crippen LogP contribution in [0.2, 0.25) is 0 Å². The maximum Gasteiger partial charge on any atom is 0.412 e. The van der Waals surface area contributed by atoms with E-state index in [1.807, 2.05) is 0 Å². The SMILES string of the molecule is CCN(CC)C(=O)/C(=N\OS(=O)(=O)C(F)(F)C(F)CCOC)c1ccccc1. The van der Waals surface area contributed by atoms with Gasteiger partial charge in [-0.05, 0) is 13.8 Å². The smallest absolute Gasteiger partial charge is 0.385 e. The molecule has 0 aromatic heterocycles. The van der Waals surface area contributed by atoms with Crippen LogP contribution in [0.15, 0.2) is 35.5 Å².